The van der Waals surface area contributed by atoms with Gasteiger partial charge in [-0.15, -0.1) is 0 Å². The van der Waals surface area contributed by atoms with E-state index in [9.17, 15) is 26.4 Å². The molecular formula is C16H22N2O8S2. The number of sulfone groups is 1. The lowest BCUT2D eigenvalue weighted by atomic mass is 10.2. The third-order valence-corrected chi connectivity index (χ3v) is 7.32. The van der Waals surface area contributed by atoms with Gasteiger partial charge in [0.1, 0.15) is 11.8 Å². The Morgan fingerprint density at radius 1 is 1.25 bits per heavy atom. The van der Waals surface area contributed by atoms with Gasteiger partial charge in [-0.25, -0.2) is 16.8 Å². The average Bonchev–Trinajstić information content (AvgIpc) is 2.97. The second kappa shape index (κ2) is 8.88. The van der Waals surface area contributed by atoms with Crippen molar-refractivity contribution < 1.29 is 35.9 Å². The minimum absolute atomic E-state index is 0.00189. The molecule has 10 nitrogen and oxygen atoms in total. The van der Waals surface area contributed by atoms with Crippen LogP contribution in [-0.4, -0.2) is 66.0 Å². The summed E-state index contributed by atoms with van der Waals surface area (Å²) in [6, 6.07) is 3.83. The van der Waals surface area contributed by atoms with Crippen LogP contribution in [0.2, 0.25) is 0 Å². The quantitative estimate of drug-likeness (QED) is 0.506. The lowest BCUT2D eigenvalue weighted by molar-refractivity contribution is -0.149. The van der Waals surface area contributed by atoms with Gasteiger partial charge in [0.15, 0.2) is 16.4 Å². The highest BCUT2D eigenvalue weighted by atomic mass is 32.2. The van der Waals surface area contributed by atoms with E-state index in [1.54, 1.807) is 0 Å². The molecule has 1 aromatic rings. The molecule has 28 heavy (non-hydrogen) atoms. The SMILES string of the molecule is COc1ccc(S(=O)(=O)N[C@@H](C)C(=O)OCC(=O)NC2CCS(=O)(=O)C2)cc1. The van der Waals surface area contributed by atoms with Crippen molar-refractivity contribution in [1.82, 2.24) is 10.0 Å². The van der Waals surface area contributed by atoms with Crippen molar-refractivity contribution in [3.8, 4) is 5.75 Å². The Morgan fingerprint density at radius 2 is 1.89 bits per heavy atom. The van der Waals surface area contributed by atoms with Crippen molar-refractivity contribution in [2.75, 3.05) is 25.2 Å². The van der Waals surface area contributed by atoms with Crippen LogP contribution in [0.15, 0.2) is 29.2 Å². The number of nitrogens with one attached hydrogen (secondary N) is 2. The van der Waals surface area contributed by atoms with Crippen LogP contribution in [0.1, 0.15) is 13.3 Å². The van der Waals surface area contributed by atoms with Crippen LogP contribution in [0, 0.1) is 0 Å². The van der Waals surface area contributed by atoms with Crippen LogP contribution in [-0.2, 0) is 34.2 Å². The summed E-state index contributed by atoms with van der Waals surface area (Å²) in [6.07, 6.45) is 0.306. The van der Waals surface area contributed by atoms with Crippen molar-refractivity contribution in [3.05, 3.63) is 24.3 Å². The van der Waals surface area contributed by atoms with Gasteiger partial charge >= 0.3 is 5.97 Å². The summed E-state index contributed by atoms with van der Waals surface area (Å²) in [5.74, 6) is -1.26. The van der Waals surface area contributed by atoms with Crippen LogP contribution in [0.5, 0.6) is 5.75 Å². The number of carbonyl (C=O) groups excluding carboxylic acids is 2. The molecule has 1 aromatic carbocycles. The lowest BCUT2D eigenvalue weighted by Gasteiger charge is -2.15. The van der Waals surface area contributed by atoms with E-state index >= 15 is 0 Å². The Bertz CT molecular complexity index is 926. The molecule has 0 saturated carbocycles. The third kappa shape index (κ3) is 6.17. The van der Waals surface area contributed by atoms with Crippen LogP contribution < -0.4 is 14.8 Å². The van der Waals surface area contributed by atoms with E-state index in [0.29, 0.717) is 12.2 Å². The molecule has 1 aliphatic heterocycles. The molecule has 1 heterocycles. The Hall–Kier alpha value is -2.18. The van der Waals surface area contributed by atoms with E-state index in [1.165, 1.54) is 38.3 Å². The lowest BCUT2D eigenvalue weighted by Crippen LogP contribution is -2.42. The van der Waals surface area contributed by atoms with Gasteiger partial charge in [-0.3, -0.25) is 9.59 Å². The molecule has 12 heteroatoms. The summed E-state index contributed by atoms with van der Waals surface area (Å²) in [4.78, 5) is 23.7. The Labute approximate surface area is 163 Å². The normalized spacial score (nSPS) is 19.6. The highest BCUT2D eigenvalue weighted by Gasteiger charge is 2.29. The molecule has 2 atom stereocenters. The molecule has 0 aliphatic carbocycles. The van der Waals surface area contributed by atoms with Gasteiger partial charge in [-0.2, -0.15) is 4.72 Å². The minimum atomic E-state index is -3.97. The minimum Gasteiger partial charge on any atom is -0.497 e. The van der Waals surface area contributed by atoms with E-state index in [0.717, 1.165) is 0 Å². The van der Waals surface area contributed by atoms with Gasteiger partial charge in [0, 0.05) is 6.04 Å². The molecule has 2 N–H and O–H groups in total. The first-order chi connectivity index (χ1) is 13.0. The fourth-order valence-electron chi connectivity index (χ4n) is 2.54. The summed E-state index contributed by atoms with van der Waals surface area (Å²) in [6.45, 7) is 0.648. The Balaban J connectivity index is 1.83. The number of carbonyl (C=O) groups is 2. The van der Waals surface area contributed by atoms with Crippen molar-refractivity contribution in [2.24, 2.45) is 0 Å². The first-order valence-corrected chi connectivity index (χ1v) is 11.7. The molecule has 156 valence electrons. The molecule has 0 aromatic heterocycles. The van der Waals surface area contributed by atoms with E-state index in [1.807, 2.05) is 0 Å². The fourth-order valence-corrected chi connectivity index (χ4v) is 5.41. The van der Waals surface area contributed by atoms with Crippen LogP contribution >= 0.6 is 0 Å². The zero-order chi connectivity index (χ0) is 20.9. The molecule has 0 radical (unpaired) electrons. The number of amides is 1. The summed E-state index contributed by atoms with van der Waals surface area (Å²) < 4.78 is 59.2. The van der Waals surface area contributed by atoms with Crippen molar-refractivity contribution in [1.29, 1.82) is 0 Å². The van der Waals surface area contributed by atoms with E-state index < -0.39 is 50.4 Å². The van der Waals surface area contributed by atoms with Crippen molar-refractivity contribution in [3.63, 3.8) is 0 Å². The smallest absolute Gasteiger partial charge is 0.324 e. The predicted molar refractivity (Wildman–Crippen MR) is 98.9 cm³/mol. The van der Waals surface area contributed by atoms with Gasteiger partial charge in [0.25, 0.3) is 5.91 Å². The molecule has 0 spiro atoms. The molecule has 1 amide bonds. The van der Waals surface area contributed by atoms with Gasteiger partial charge in [-0.05, 0) is 37.6 Å². The molecular weight excluding hydrogens is 412 g/mol. The van der Waals surface area contributed by atoms with Gasteiger partial charge < -0.3 is 14.8 Å². The number of hydrogen-bond donors (Lipinski definition) is 2. The van der Waals surface area contributed by atoms with Gasteiger partial charge in [0.2, 0.25) is 10.0 Å². The van der Waals surface area contributed by atoms with Gasteiger partial charge in [-0.1, -0.05) is 0 Å². The number of esters is 1. The zero-order valence-electron chi connectivity index (χ0n) is 15.4. The van der Waals surface area contributed by atoms with Crippen LogP contribution in [0.3, 0.4) is 0 Å². The summed E-state index contributed by atoms with van der Waals surface area (Å²) in [5.41, 5.74) is 0. The van der Waals surface area contributed by atoms with E-state index in [4.69, 9.17) is 9.47 Å². The first kappa shape index (κ1) is 22.1. The van der Waals surface area contributed by atoms with E-state index in [-0.39, 0.29) is 16.4 Å². The maximum atomic E-state index is 12.3. The molecule has 1 unspecified atom stereocenters. The maximum absolute atomic E-state index is 12.3. The number of ether oxygens (including phenoxy) is 2. The number of benzene rings is 1. The number of hydrogen-bond acceptors (Lipinski definition) is 8. The maximum Gasteiger partial charge on any atom is 0.324 e. The monoisotopic (exact) mass is 434 g/mol. The van der Waals surface area contributed by atoms with Crippen molar-refractivity contribution in [2.45, 2.75) is 30.3 Å². The Morgan fingerprint density at radius 3 is 2.43 bits per heavy atom. The number of methoxy groups -OCH3 is 1. The summed E-state index contributed by atoms with van der Waals surface area (Å²) >= 11 is 0. The standard InChI is InChI=1S/C16H22N2O8S2/c1-11(18-28(23,24)14-5-3-13(25-2)4-6-14)16(20)26-9-15(19)17-12-7-8-27(21,22)10-12/h3-6,11-12,18H,7-10H2,1-2H3,(H,17,19)/t11-,12?/m0/s1. The highest BCUT2D eigenvalue weighted by molar-refractivity contribution is 7.91. The number of sulfonamides is 1. The Kier molecular flexibility index (Phi) is 7.01. The second-order valence-electron chi connectivity index (χ2n) is 6.29. The van der Waals surface area contributed by atoms with Crippen LogP contribution in [0.4, 0.5) is 0 Å². The molecule has 0 bridgehead atoms. The first-order valence-electron chi connectivity index (χ1n) is 8.35. The molecule has 1 aliphatic rings. The largest absolute Gasteiger partial charge is 0.497 e. The zero-order valence-corrected chi connectivity index (χ0v) is 17.0. The topological polar surface area (TPSA) is 145 Å². The average molecular weight is 434 g/mol. The summed E-state index contributed by atoms with van der Waals surface area (Å²) in [7, 11) is -5.67. The predicted octanol–water partition coefficient (Wildman–Crippen LogP) is -0.791. The second-order valence-corrected chi connectivity index (χ2v) is 10.2. The highest BCUT2D eigenvalue weighted by Crippen LogP contribution is 2.15. The number of rotatable bonds is 8. The fraction of sp³-hybridized carbons (Fsp3) is 0.500. The van der Waals surface area contributed by atoms with Crippen molar-refractivity contribution >= 4 is 31.7 Å². The molecule has 1 fully saturated rings. The molecule has 1 saturated heterocycles. The van der Waals surface area contributed by atoms with E-state index in [2.05, 4.69) is 10.0 Å². The summed E-state index contributed by atoms with van der Waals surface area (Å²) in [5, 5.41) is 2.47. The molecule has 2 rings (SSSR count). The van der Waals surface area contributed by atoms with Crippen LogP contribution in [0.25, 0.3) is 0 Å². The van der Waals surface area contributed by atoms with Gasteiger partial charge in [0.05, 0.1) is 23.5 Å². The third-order valence-electron chi connectivity index (χ3n) is 4.00.